The van der Waals surface area contributed by atoms with Crippen molar-refractivity contribution in [2.75, 3.05) is 0 Å². The van der Waals surface area contributed by atoms with Crippen LogP contribution in [0.5, 0.6) is 0 Å². The van der Waals surface area contributed by atoms with Gasteiger partial charge in [-0.3, -0.25) is 0 Å². The van der Waals surface area contributed by atoms with Crippen LogP contribution < -0.4 is 0 Å². The average Bonchev–Trinajstić information content (AvgIpc) is 2.91. The van der Waals surface area contributed by atoms with Gasteiger partial charge in [0.25, 0.3) is 0 Å². The summed E-state index contributed by atoms with van der Waals surface area (Å²) in [7, 11) is 0. The highest BCUT2D eigenvalue weighted by atomic mass is 35.5. The molecule has 1 atom stereocenters. The molecule has 2 heteroatoms. The van der Waals surface area contributed by atoms with E-state index in [9.17, 15) is 5.11 Å². The van der Waals surface area contributed by atoms with Crippen LogP contribution in [0.2, 0.25) is 5.02 Å². The average molecular weight is 211 g/mol. The van der Waals surface area contributed by atoms with E-state index in [0.29, 0.717) is 12.3 Å². The molecule has 0 amide bonds. The number of aliphatic hydroxyl groups is 1. The van der Waals surface area contributed by atoms with Crippen LogP contribution in [0.15, 0.2) is 24.3 Å². The molecule has 0 saturated heterocycles. The Hall–Kier alpha value is -0.530. The van der Waals surface area contributed by atoms with Crippen molar-refractivity contribution in [2.24, 2.45) is 5.92 Å². The summed E-state index contributed by atoms with van der Waals surface area (Å²) in [5, 5.41) is 10.9. The molecule has 1 aromatic carbocycles. The van der Waals surface area contributed by atoms with Crippen LogP contribution >= 0.6 is 11.6 Å². The number of hydrogen-bond acceptors (Lipinski definition) is 1. The summed E-state index contributed by atoms with van der Waals surface area (Å²) in [4.78, 5) is 0. The fourth-order valence-electron chi connectivity index (χ4n) is 1.88. The van der Waals surface area contributed by atoms with Crippen LogP contribution in [0, 0.1) is 5.92 Å². The molecule has 1 aliphatic rings. The van der Waals surface area contributed by atoms with Crippen molar-refractivity contribution in [3.8, 4) is 0 Å². The highest BCUT2D eigenvalue weighted by Crippen LogP contribution is 2.41. The second-order valence-corrected chi connectivity index (χ2v) is 4.81. The summed E-state index contributed by atoms with van der Waals surface area (Å²) in [6, 6.07) is 7.74. The van der Waals surface area contributed by atoms with E-state index in [1.165, 1.54) is 0 Å². The topological polar surface area (TPSA) is 20.2 Å². The Bertz CT molecular complexity index is 329. The number of rotatable bonds is 3. The molecule has 76 valence electrons. The SMILES string of the molecule is CC(O)(Cc1ccccc1Cl)C1CC1. The third-order valence-corrected chi connectivity index (χ3v) is 3.33. The first-order valence-corrected chi connectivity index (χ1v) is 5.43. The zero-order valence-corrected chi connectivity index (χ0v) is 9.09. The number of benzene rings is 1. The van der Waals surface area contributed by atoms with Gasteiger partial charge in [-0.1, -0.05) is 29.8 Å². The molecule has 1 aromatic rings. The lowest BCUT2D eigenvalue weighted by Gasteiger charge is -2.23. The Labute approximate surface area is 89.7 Å². The predicted octanol–water partition coefficient (Wildman–Crippen LogP) is 3.04. The van der Waals surface area contributed by atoms with Gasteiger partial charge in [0.1, 0.15) is 0 Å². The van der Waals surface area contributed by atoms with Crippen molar-refractivity contribution >= 4 is 11.6 Å². The van der Waals surface area contributed by atoms with Gasteiger partial charge < -0.3 is 5.11 Å². The summed E-state index contributed by atoms with van der Waals surface area (Å²) >= 11 is 6.04. The molecule has 0 bridgehead atoms. The molecule has 0 aliphatic heterocycles. The zero-order valence-electron chi connectivity index (χ0n) is 8.33. The van der Waals surface area contributed by atoms with Crippen LogP contribution in [0.4, 0.5) is 0 Å². The zero-order chi connectivity index (χ0) is 10.2. The third kappa shape index (κ3) is 2.10. The van der Waals surface area contributed by atoms with E-state index in [4.69, 9.17) is 11.6 Å². The van der Waals surface area contributed by atoms with Crippen molar-refractivity contribution in [3.05, 3.63) is 34.9 Å². The minimum absolute atomic E-state index is 0.471. The van der Waals surface area contributed by atoms with E-state index < -0.39 is 5.60 Å². The van der Waals surface area contributed by atoms with Crippen LogP contribution in [0.3, 0.4) is 0 Å². The van der Waals surface area contributed by atoms with Gasteiger partial charge in [-0.2, -0.15) is 0 Å². The lowest BCUT2D eigenvalue weighted by molar-refractivity contribution is 0.0372. The summed E-state index contributed by atoms with van der Waals surface area (Å²) in [5.74, 6) is 0.471. The van der Waals surface area contributed by atoms with Gasteiger partial charge >= 0.3 is 0 Å². The summed E-state index contributed by atoms with van der Waals surface area (Å²) in [6.45, 7) is 1.91. The maximum absolute atomic E-state index is 10.2. The highest BCUT2D eigenvalue weighted by molar-refractivity contribution is 6.31. The van der Waals surface area contributed by atoms with E-state index in [2.05, 4.69) is 0 Å². The monoisotopic (exact) mass is 210 g/mol. The van der Waals surface area contributed by atoms with E-state index in [1.54, 1.807) is 0 Å². The lowest BCUT2D eigenvalue weighted by atomic mass is 9.92. The molecule has 1 fully saturated rings. The van der Waals surface area contributed by atoms with Crippen molar-refractivity contribution < 1.29 is 5.11 Å². The minimum Gasteiger partial charge on any atom is -0.390 e. The van der Waals surface area contributed by atoms with Gasteiger partial charge in [0, 0.05) is 11.4 Å². The summed E-state index contributed by atoms with van der Waals surface area (Å²) < 4.78 is 0. The molecule has 14 heavy (non-hydrogen) atoms. The van der Waals surface area contributed by atoms with Crippen LogP contribution in [0.1, 0.15) is 25.3 Å². The molecule has 2 rings (SSSR count). The first kappa shape index (κ1) is 10.0. The summed E-state index contributed by atoms with van der Waals surface area (Å²) in [5.41, 5.74) is 0.469. The van der Waals surface area contributed by atoms with Crippen molar-refractivity contribution in [1.29, 1.82) is 0 Å². The summed E-state index contributed by atoms with van der Waals surface area (Å²) in [6.07, 6.45) is 2.96. The molecule has 0 spiro atoms. The molecular weight excluding hydrogens is 196 g/mol. The second kappa shape index (κ2) is 3.56. The molecule has 0 radical (unpaired) electrons. The maximum Gasteiger partial charge on any atom is 0.0688 e. The Balaban J connectivity index is 2.13. The fraction of sp³-hybridized carbons (Fsp3) is 0.500. The number of hydrogen-bond donors (Lipinski definition) is 1. The highest BCUT2D eigenvalue weighted by Gasteiger charge is 2.39. The molecule has 0 aromatic heterocycles. The van der Waals surface area contributed by atoms with Gasteiger partial charge in [0.05, 0.1) is 5.60 Å². The van der Waals surface area contributed by atoms with Gasteiger partial charge in [-0.05, 0) is 37.3 Å². The molecule has 1 N–H and O–H groups in total. The van der Waals surface area contributed by atoms with Crippen LogP contribution in [0.25, 0.3) is 0 Å². The van der Waals surface area contributed by atoms with Crippen molar-refractivity contribution in [2.45, 2.75) is 31.8 Å². The van der Waals surface area contributed by atoms with E-state index >= 15 is 0 Å². The predicted molar refractivity (Wildman–Crippen MR) is 58.5 cm³/mol. The molecule has 1 nitrogen and oxygen atoms in total. The molecule has 1 aliphatic carbocycles. The van der Waals surface area contributed by atoms with Gasteiger partial charge in [-0.25, -0.2) is 0 Å². The smallest absolute Gasteiger partial charge is 0.0688 e. The molecule has 0 heterocycles. The lowest BCUT2D eigenvalue weighted by Crippen LogP contribution is -2.29. The van der Waals surface area contributed by atoms with Crippen LogP contribution in [-0.4, -0.2) is 10.7 Å². The quantitative estimate of drug-likeness (QED) is 0.813. The molecule has 1 unspecified atom stereocenters. The van der Waals surface area contributed by atoms with Crippen LogP contribution in [-0.2, 0) is 6.42 Å². The van der Waals surface area contributed by atoms with Gasteiger partial charge in [0.2, 0.25) is 0 Å². The Morgan fingerprint density at radius 3 is 2.64 bits per heavy atom. The standard InChI is InChI=1S/C12H15ClO/c1-12(14,10-6-7-10)8-9-4-2-3-5-11(9)13/h2-5,10,14H,6-8H2,1H3. The fourth-order valence-corrected chi connectivity index (χ4v) is 2.08. The third-order valence-electron chi connectivity index (χ3n) is 2.96. The maximum atomic E-state index is 10.2. The van der Waals surface area contributed by atoms with Crippen molar-refractivity contribution in [1.82, 2.24) is 0 Å². The van der Waals surface area contributed by atoms with E-state index in [0.717, 1.165) is 23.4 Å². The largest absolute Gasteiger partial charge is 0.390 e. The van der Waals surface area contributed by atoms with E-state index in [1.807, 2.05) is 31.2 Å². The second-order valence-electron chi connectivity index (χ2n) is 4.40. The molecular formula is C12H15ClO. The van der Waals surface area contributed by atoms with Gasteiger partial charge in [0.15, 0.2) is 0 Å². The Morgan fingerprint density at radius 2 is 2.07 bits per heavy atom. The van der Waals surface area contributed by atoms with E-state index in [-0.39, 0.29) is 0 Å². The normalized spacial score (nSPS) is 20.5. The van der Waals surface area contributed by atoms with Gasteiger partial charge in [-0.15, -0.1) is 0 Å². The minimum atomic E-state index is -0.578. The van der Waals surface area contributed by atoms with Crippen molar-refractivity contribution in [3.63, 3.8) is 0 Å². The Kier molecular flexibility index (Phi) is 2.54. The first-order valence-electron chi connectivity index (χ1n) is 5.05. The molecule has 1 saturated carbocycles. The Morgan fingerprint density at radius 1 is 1.43 bits per heavy atom. The number of halogens is 1. The first-order chi connectivity index (χ1) is 6.59.